The molecular formula is C31H31Cl2FN2O6S. The topological polar surface area (TPSA) is 104 Å². The Morgan fingerprint density at radius 3 is 2.35 bits per heavy atom. The van der Waals surface area contributed by atoms with Crippen LogP contribution in [-0.2, 0) is 24.3 Å². The molecule has 3 aromatic carbocycles. The maximum Gasteiger partial charge on any atom is 0.306 e. The zero-order chi connectivity index (χ0) is 30.9. The molecule has 0 radical (unpaired) electrons. The number of sulfonamides is 1. The molecule has 3 aromatic rings. The van der Waals surface area contributed by atoms with Gasteiger partial charge in [-0.2, -0.15) is 0 Å². The highest BCUT2D eigenvalue weighted by Crippen LogP contribution is 2.45. The summed E-state index contributed by atoms with van der Waals surface area (Å²) in [5.41, 5.74) is 1.13. The number of para-hydroxylation sites is 1. The van der Waals surface area contributed by atoms with E-state index in [1.807, 2.05) is 0 Å². The van der Waals surface area contributed by atoms with Gasteiger partial charge in [0.25, 0.3) is 5.91 Å². The highest BCUT2D eigenvalue weighted by atomic mass is 35.5. The number of ether oxygens (including phenoxy) is 1. The number of nitrogens with zero attached hydrogens (tertiary/aromatic N) is 2. The lowest BCUT2D eigenvalue weighted by molar-refractivity contribution is -0.183. The largest absolute Gasteiger partial charge is 0.481 e. The van der Waals surface area contributed by atoms with Crippen molar-refractivity contribution in [1.82, 2.24) is 4.90 Å². The molecule has 1 saturated heterocycles. The zero-order valence-electron chi connectivity index (χ0n) is 23.3. The molecule has 1 heterocycles. The second kappa shape index (κ2) is 12.8. The summed E-state index contributed by atoms with van der Waals surface area (Å²) in [6, 6.07) is 17.7. The first kappa shape index (κ1) is 31.3. The SMILES string of the molecule is CCC(CN(c1ccccc1F)S(=O)(=O)C1CC1)N1C(=O)C(CC(=O)O)O[C@H](c2cccc(Cl)c2)[C@H]1c1ccc(Cl)cc1. The Kier molecular flexibility index (Phi) is 9.31. The normalized spacial score (nSPS) is 21.4. The highest BCUT2D eigenvalue weighted by molar-refractivity contribution is 7.93. The molecule has 4 atom stereocenters. The third kappa shape index (κ3) is 6.67. The maximum atomic E-state index is 15.1. The second-order valence-electron chi connectivity index (χ2n) is 10.7. The van der Waals surface area contributed by atoms with E-state index in [0.29, 0.717) is 34.0 Å². The smallest absolute Gasteiger partial charge is 0.306 e. The van der Waals surface area contributed by atoms with Crippen LogP contribution in [-0.4, -0.2) is 54.2 Å². The fraction of sp³-hybridized carbons (Fsp3) is 0.355. The number of carboxylic acids is 1. The Morgan fingerprint density at radius 2 is 1.74 bits per heavy atom. The molecular weight excluding hydrogens is 618 g/mol. The van der Waals surface area contributed by atoms with Crippen LogP contribution in [0.15, 0.2) is 72.8 Å². The molecule has 1 amide bonds. The molecule has 228 valence electrons. The summed E-state index contributed by atoms with van der Waals surface area (Å²) in [4.78, 5) is 27.5. The van der Waals surface area contributed by atoms with Gasteiger partial charge in [0.2, 0.25) is 10.0 Å². The molecule has 43 heavy (non-hydrogen) atoms. The molecule has 5 rings (SSSR count). The summed E-state index contributed by atoms with van der Waals surface area (Å²) in [6.45, 7) is 1.56. The molecule has 2 fully saturated rings. The lowest BCUT2D eigenvalue weighted by Gasteiger charge is -2.48. The van der Waals surface area contributed by atoms with Gasteiger partial charge in [0.15, 0.2) is 0 Å². The third-order valence-electron chi connectivity index (χ3n) is 7.79. The van der Waals surface area contributed by atoms with E-state index < -0.39 is 63.7 Å². The fourth-order valence-electron chi connectivity index (χ4n) is 5.54. The first-order valence-electron chi connectivity index (χ1n) is 14.0. The van der Waals surface area contributed by atoms with E-state index in [1.54, 1.807) is 61.5 Å². The van der Waals surface area contributed by atoms with Gasteiger partial charge < -0.3 is 14.7 Å². The van der Waals surface area contributed by atoms with Crippen LogP contribution in [0.1, 0.15) is 55.9 Å². The number of hydrogen-bond acceptors (Lipinski definition) is 5. The number of morpholine rings is 1. The minimum absolute atomic E-state index is 0.106. The Morgan fingerprint density at radius 1 is 1.05 bits per heavy atom. The van der Waals surface area contributed by atoms with Crippen LogP contribution in [0.3, 0.4) is 0 Å². The summed E-state index contributed by atoms with van der Waals surface area (Å²) in [7, 11) is -3.96. The van der Waals surface area contributed by atoms with Crippen LogP contribution in [0.2, 0.25) is 10.0 Å². The second-order valence-corrected chi connectivity index (χ2v) is 13.7. The summed E-state index contributed by atoms with van der Waals surface area (Å²) >= 11 is 12.5. The molecule has 1 saturated carbocycles. The Hall–Kier alpha value is -3.18. The molecule has 1 N–H and O–H groups in total. The lowest BCUT2D eigenvalue weighted by atomic mass is 9.89. The lowest BCUT2D eigenvalue weighted by Crippen LogP contribution is -2.58. The maximum absolute atomic E-state index is 15.1. The van der Waals surface area contributed by atoms with Gasteiger partial charge in [-0.15, -0.1) is 0 Å². The van der Waals surface area contributed by atoms with Crippen molar-refractivity contribution in [2.75, 3.05) is 10.8 Å². The van der Waals surface area contributed by atoms with Crippen molar-refractivity contribution in [3.05, 3.63) is 99.8 Å². The van der Waals surface area contributed by atoms with Gasteiger partial charge in [0.05, 0.1) is 36.0 Å². The van der Waals surface area contributed by atoms with Crippen molar-refractivity contribution in [2.24, 2.45) is 0 Å². The number of carbonyl (C=O) groups is 2. The number of amides is 1. The van der Waals surface area contributed by atoms with Crippen molar-refractivity contribution in [1.29, 1.82) is 0 Å². The molecule has 2 aliphatic rings. The van der Waals surface area contributed by atoms with E-state index >= 15 is 4.39 Å². The van der Waals surface area contributed by atoms with Crippen molar-refractivity contribution in [2.45, 2.75) is 62.1 Å². The Balaban J connectivity index is 1.66. The zero-order valence-corrected chi connectivity index (χ0v) is 25.6. The van der Waals surface area contributed by atoms with Gasteiger partial charge in [-0.05, 0) is 66.8 Å². The van der Waals surface area contributed by atoms with Crippen molar-refractivity contribution >= 4 is 50.8 Å². The molecule has 2 unspecified atom stereocenters. The molecule has 12 heteroatoms. The number of aliphatic carboxylic acids is 1. The van der Waals surface area contributed by atoms with Crippen molar-refractivity contribution in [3.8, 4) is 0 Å². The molecule has 0 bridgehead atoms. The van der Waals surface area contributed by atoms with E-state index in [0.717, 1.165) is 4.31 Å². The van der Waals surface area contributed by atoms with Crippen LogP contribution >= 0.6 is 23.2 Å². The Bertz CT molecular complexity index is 1600. The number of hydrogen-bond donors (Lipinski definition) is 1. The van der Waals surface area contributed by atoms with Crippen LogP contribution in [0, 0.1) is 5.82 Å². The van der Waals surface area contributed by atoms with Gasteiger partial charge in [-0.3, -0.25) is 13.9 Å². The standard InChI is InChI=1S/C31H31Cl2FN2O6S/c1-2-23(18-35(43(40,41)24-14-15-24)26-9-4-3-8-25(26)34)36-29(19-10-12-21(32)13-11-19)30(20-6-5-7-22(33)16-20)42-27(31(36)39)17-28(37)38/h3-13,16,23-24,27,29-30H,2,14-15,17-18H2,1H3,(H,37,38)/t23?,27?,29-,30-/m1/s1. The summed E-state index contributed by atoms with van der Waals surface area (Å²) in [5.74, 6) is -2.54. The van der Waals surface area contributed by atoms with Gasteiger partial charge in [-0.25, -0.2) is 12.8 Å². The molecule has 1 aliphatic carbocycles. The van der Waals surface area contributed by atoms with E-state index in [-0.39, 0.29) is 18.7 Å². The number of benzene rings is 3. The monoisotopic (exact) mass is 648 g/mol. The number of anilines is 1. The average molecular weight is 650 g/mol. The number of halogens is 3. The van der Waals surface area contributed by atoms with Crippen molar-refractivity contribution in [3.63, 3.8) is 0 Å². The molecule has 0 spiro atoms. The summed E-state index contributed by atoms with van der Waals surface area (Å²) in [6.07, 6.45) is -1.62. The predicted octanol–water partition coefficient (Wildman–Crippen LogP) is 6.39. The van der Waals surface area contributed by atoms with Gasteiger partial charge >= 0.3 is 5.97 Å². The van der Waals surface area contributed by atoms with Gasteiger partial charge in [0.1, 0.15) is 18.0 Å². The minimum Gasteiger partial charge on any atom is -0.481 e. The third-order valence-corrected chi connectivity index (χ3v) is 10.6. The molecule has 0 aromatic heterocycles. The first-order valence-corrected chi connectivity index (χ1v) is 16.2. The Labute approximate surface area is 260 Å². The van der Waals surface area contributed by atoms with Crippen LogP contribution in [0.25, 0.3) is 0 Å². The van der Waals surface area contributed by atoms with Gasteiger partial charge in [0, 0.05) is 10.0 Å². The predicted molar refractivity (Wildman–Crippen MR) is 162 cm³/mol. The summed E-state index contributed by atoms with van der Waals surface area (Å²) in [5, 5.41) is 9.91. The fourth-order valence-corrected chi connectivity index (χ4v) is 7.76. The molecule has 1 aliphatic heterocycles. The van der Waals surface area contributed by atoms with E-state index in [4.69, 9.17) is 27.9 Å². The number of rotatable bonds is 11. The van der Waals surface area contributed by atoms with E-state index in [1.165, 1.54) is 23.1 Å². The van der Waals surface area contributed by atoms with E-state index in [9.17, 15) is 23.1 Å². The van der Waals surface area contributed by atoms with Crippen LogP contribution < -0.4 is 4.31 Å². The van der Waals surface area contributed by atoms with Gasteiger partial charge in [-0.1, -0.05) is 66.5 Å². The average Bonchev–Trinajstić information content (AvgIpc) is 3.82. The van der Waals surface area contributed by atoms with Crippen molar-refractivity contribution < 1.29 is 32.2 Å². The quantitative estimate of drug-likeness (QED) is 0.258. The van der Waals surface area contributed by atoms with Crippen LogP contribution in [0.4, 0.5) is 10.1 Å². The first-order chi connectivity index (χ1) is 20.5. The molecule has 8 nitrogen and oxygen atoms in total. The van der Waals surface area contributed by atoms with E-state index in [2.05, 4.69) is 0 Å². The number of carboxylic acid groups (broad SMARTS) is 1. The minimum atomic E-state index is -3.96. The summed E-state index contributed by atoms with van der Waals surface area (Å²) < 4.78 is 49.9. The number of carbonyl (C=O) groups excluding carboxylic acids is 1. The van der Waals surface area contributed by atoms with Crippen LogP contribution in [0.5, 0.6) is 0 Å². The highest BCUT2D eigenvalue weighted by Gasteiger charge is 2.49.